The van der Waals surface area contributed by atoms with E-state index in [0.29, 0.717) is 23.6 Å². The molecular formula is C24H23N3O4S. The summed E-state index contributed by atoms with van der Waals surface area (Å²) in [6.07, 6.45) is 2.02. The predicted molar refractivity (Wildman–Crippen MR) is 121 cm³/mol. The van der Waals surface area contributed by atoms with Crippen LogP contribution in [-0.2, 0) is 16.0 Å². The van der Waals surface area contributed by atoms with Gasteiger partial charge in [-0.05, 0) is 26.8 Å². The van der Waals surface area contributed by atoms with Crippen LogP contribution in [0.3, 0.4) is 0 Å². The normalized spacial score (nSPS) is 11.0. The van der Waals surface area contributed by atoms with E-state index < -0.39 is 5.97 Å². The van der Waals surface area contributed by atoms with Crippen molar-refractivity contribution in [2.24, 2.45) is 0 Å². The number of aromatic nitrogens is 3. The van der Waals surface area contributed by atoms with Gasteiger partial charge in [0, 0.05) is 34.3 Å². The summed E-state index contributed by atoms with van der Waals surface area (Å²) in [6, 6.07) is 11.4. The average molecular weight is 450 g/mol. The van der Waals surface area contributed by atoms with Gasteiger partial charge in [0.2, 0.25) is 5.78 Å². The van der Waals surface area contributed by atoms with E-state index in [9.17, 15) is 9.59 Å². The van der Waals surface area contributed by atoms with Crippen molar-refractivity contribution in [2.75, 3.05) is 6.61 Å². The fourth-order valence-corrected chi connectivity index (χ4v) is 4.36. The molecule has 164 valence electrons. The van der Waals surface area contributed by atoms with Gasteiger partial charge in [-0.25, -0.2) is 9.97 Å². The lowest BCUT2D eigenvalue weighted by Gasteiger charge is -2.06. The first-order valence-electron chi connectivity index (χ1n) is 10.2. The van der Waals surface area contributed by atoms with E-state index in [1.54, 1.807) is 12.3 Å². The number of ether oxygens (including phenoxy) is 1. The lowest BCUT2D eigenvalue weighted by molar-refractivity contribution is -0.142. The second-order valence-corrected chi connectivity index (χ2v) is 8.30. The van der Waals surface area contributed by atoms with Gasteiger partial charge in [-0.15, -0.1) is 11.3 Å². The fraction of sp³-hybridized carbons (Fsp3) is 0.250. The molecule has 0 atom stereocenters. The third-order valence-electron chi connectivity index (χ3n) is 5.05. The van der Waals surface area contributed by atoms with E-state index in [2.05, 4.69) is 9.97 Å². The molecule has 0 aliphatic rings. The van der Waals surface area contributed by atoms with Gasteiger partial charge in [0.1, 0.15) is 0 Å². The van der Waals surface area contributed by atoms with Gasteiger partial charge in [-0.2, -0.15) is 0 Å². The first-order chi connectivity index (χ1) is 15.4. The molecule has 0 N–H and O–H groups in total. The molecule has 0 aliphatic carbocycles. The van der Waals surface area contributed by atoms with Crippen LogP contribution < -0.4 is 0 Å². The van der Waals surface area contributed by atoms with E-state index in [-0.39, 0.29) is 18.8 Å². The van der Waals surface area contributed by atoms with Crippen LogP contribution in [0.1, 0.15) is 39.8 Å². The molecule has 4 rings (SSSR count). The number of esters is 1. The zero-order valence-corrected chi connectivity index (χ0v) is 18.9. The van der Waals surface area contributed by atoms with Crippen molar-refractivity contribution < 1.29 is 18.7 Å². The number of ketones is 1. The highest BCUT2D eigenvalue weighted by Gasteiger charge is 2.19. The Bertz CT molecular complexity index is 1250. The van der Waals surface area contributed by atoms with Crippen molar-refractivity contribution in [3.63, 3.8) is 0 Å². The summed E-state index contributed by atoms with van der Waals surface area (Å²) in [7, 11) is 0. The van der Waals surface area contributed by atoms with E-state index in [4.69, 9.17) is 9.15 Å². The Morgan fingerprint density at radius 1 is 1.16 bits per heavy atom. The maximum absolute atomic E-state index is 12.7. The Kier molecular flexibility index (Phi) is 6.32. The Hall–Kier alpha value is -3.52. The summed E-state index contributed by atoms with van der Waals surface area (Å²) in [6.45, 7) is 5.42. The van der Waals surface area contributed by atoms with Gasteiger partial charge in [0.15, 0.2) is 23.4 Å². The fourth-order valence-electron chi connectivity index (χ4n) is 3.45. The zero-order chi connectivity index (χ0) is 22.7. The number of rotatable bonds is 8. The maximum atomic E-state index is 12.7. The molecule has 0 aliphatic heterocycles. The summed E-state index contributed by atoms with van der Waals surface area (Å²) in [5, 5.41) is 2.78. The number of carbonyl (C=O) groups is 2. The number of aryl methyl sites for hydroxylation is 3. The minimum Gasteiger partial charge on any atom is -0.457 e. The molecule has 4 aromatic rings. The monoisotopic (exact) mass is 449 g/mol. The number of hydrogen-bond donors (Lipinski definition) is 0. The molecule has 0 spiro atoms. The van der Waals surface area contributed by atoms with Gasteiger partial charge in [0.25, 0.3) is 0 Å². The highest BCUT2D eigenvalue weighted by atomic mass is 32.1. The number of carbonyl (C=O) groups excluding carboxylic acids is 2. The molecular weight excluding hydrogens is 426 g/mol. The molecule has 8 heteroatoms. The van der Waals surface area contributed by atoms with Crippen LogP contribution >= 0.6 is 11.3 Å². The number of oxazole rings is 1. The second-order valence-electron chi connectivity index (χ2n) is 7.46. The lowest BCUT2D eigenvalue weighted by Crippen LogP contribution is -2.15. The van der Waals surface area contributed by atoms with E-state index >= 15 is 0 Å². The SMILES string of the molecule is Cc1csc(-n2c(C)cc(C(=O)COC(=O)CCc3ncc(-c4ccccc4)o3)c2C)n1. The minimum absolute atomic E-state index is 0.0828. The molecule has 1 aromatic carbocycles. The van der Waals surface area contributed by atoms with Crippen molar-refractivity contribution in [2.45, 2.75) is 33.6 Å². The van der Waals surface area contributed by atoms with E-state index in [1.165, 1.54) is 11.3 Å². The Morgan fingerprint density at radius 2 is 1.94 bits per heavy atom. The number of nitrogens with zero attached hydrogens (tertiary/aromatic N) is 3. The first-order valence-corrected chi connectivity index (χ1v) is 11.1. The van der Waals surface area contributed by atoms with Gasteiger partial charge >= 0.3 is 5.97 Å². The summed E-state index contributed by atoms with van der Waals surface area (Å²) < 4.78 is 12.8. The number of benzene rings is 1. The van der Waals surface area contributed by atoms with Crippen LogP contribution in [0.25, 0.3) is 16.5 Å². The second kappa shape index (κ2) is 9.32. The molecule has 32 heavy (non-hydrogen) atoms. The van der Waals surface area contributed by atoms with Crippen molar-refractivity contribution in [1.82, 2.24) is 14.5 Å². The highest BCUT2D eigenvalue weighted by molar-refractivity contribution is 7.12. The van der Waals surface area contributed by atoms with Crippen LogP contribution in [-0.4, -0.2) is 32.9 Å². The molecule has 0 fully saturated rings. The molecule has 0 saturated heterocycles. The Morgan fingerprint density at radius 3 is 2.66 bits per heavy atom. The number of thiazole rings is 1. The quantitative estimate of drug-likeness (QED) is 0.282. The van der Waals surface area contributed by atoms with Gasteiger partial charge in [-0.1, -0.05) is 30.3 Å². The third-order valence-corrected chi connectivity index (χ3v) is 5.99. The standard InChI is InChI=1S/C24H23N3O4S/c1-15-14-32-24(26-15)27-16(2)11-19(17(27)3)20(28)13-30-23(29)10-9-22-25-12-21(31-22)18-7-5-4-6-8-18/h4-8,11-12,14H,9-10,13H2,1-3H3. The molecule has 0 radical (unpaired) electrons. The molecule has 0 unspecified atom stereocenters. The minimum atomic E-state index is -0.470. The summed E-state index contributed by atoms with van der Waals surface area (Å²) in [5.74, 6) is 0.389. The topological polar surface area (TPSA) is 87.2 Å². The van der Waals surface area contributed by atoms with Gasteiger partial charge in [-0.3, -0.25) is 14.2 Å². The summed E-state index contributed by atoms with van der Waals surface area (Å²) in [5.41, 5.74) is 4.07. The molecule has 0 amide bonds. The van der Waals surface area contributed by atoms with Crippen LogP contribution in [0, 0.1) is 20.8 Å². The van der Waals surface area contributed by atoms with E-state index in [1.807, 2.05) is 61.1 Å². The van der Waals surface area contributed by atoms with Crippen LogP contribution in [0.5, 0.6) is 0 Å². The number of hydrogen-bond acceptors (Lipinski definition) is 7. The Labute approximate surface area is 189 Å². The summed E-state index contributed by atoms with van der Waals surface area (Å²) in [4.78, 5) is 33.5. The van der Waals surface area contributed by atoms with Gasteiger partial charge < -0.3 is 9.15 Å². The third kappa shape index (κ3) is 4.70. The van der Waals surface area contributed by atoms with Crippen LogP contribution in [0.2, 0.25) is 0 Å². The van der Waals surface area contributed by atoms with Crippen molar-refractivity contribution >= 4 is 23.1 Å². The van der Waals surface area contributed by atoms with Crippen LogP contribution in [0.15, 0.2) is 52.4 Å². The largest absolute Gasteiger partial charge is 0.457 e. The maximum Gasteiger partial charge on any atom is 0.306 e. The first kappa shape index (κ1) is 21.7. The molecule has 3 aromatic heterocycles. The van der Waals surface area contributed by atoms with E-state index in [0.717, 1.165) is 27.8 Å². The lowest BCUT2D eigenvalue weighted by atomic mass is 10.1. The molecule has 3 heterocycles. The zero-order valence-electron chi connectivity index (χ0n) is 18.1. The molecule has 0 saturated carbocycles. The van der Waals surface area contributed by atoms with Crippen molar-refractivity contribution in [3.8, 4) is 16.5 Å². The Balaban J connectivity index is 1.32. The van der Waals surface area contributed by atoms with Crippen LogP contribution in [0.4, 0.5) is 0 Å². The highest BCUT2D eigenvalue weighted by Crippen LogP contribution is 2.24. The molecule has 7 nitrogen and oxygen atoms in total. The van der Waals surface area contributed by atoms with Gasteiger partial charge in [0.05, 0.1) is 18.3 Å². The van der Waals surface area contributed by atoms with Crippen molar-refractivity contribution in [3.05, 3.63) is 76.5 Å². The van der Waals surface area contributed by atoms with Crippen molar-refractivity contribution in [1.29, 1.82) is 0 Å². The number of Topliss-reactive ketones (excluding diaryl/α,β-unsaturated/α-hetero) is 1. The average Bonchev–Trinajstić information content (AvgIpc) is 3.50. The molecule has 0 bridgehead atoms. The predicted octanol–water partition coefficient (Wildman–Crippen LogP) is 4.87. The summed E-state index contributed by atoms with van der Waals surface area (Å²) >= 11 is 1.52. The smallest absolute Gasteiger partial charge is 0.306 e.